The SMILES string of the molecule is O=C(N[C@@H]1CCc2ccccc21)c1ccc(-c2ccco2)[nH]c1=O. The van der Waals surface area contributed by atoms with Gasteiger partial charge < -0.3 is 14.7 Å². The van der Waals surface area contributed by atoms with E-state index in [9.17, 15) is 9.59 Å². The van der Waals surface area contributed by atoms with Crippen molar-refractivity contribution in [2.75, 3.05) is 0 Å². The molecule has 120 valence electrons. The zero-order valence-electron chi connectivity index (χ0n) is 12.9. The van der Waals surface area contributed by atoms with Crippen LogP contribution in [0.1, 0.15) is 33.9 Å². The van der Waals surface area contributed by atoms with Crippen LogP contribution in [0.2, 0.25) is 0 Å². The van der Waals surface area contributed by atoms with Gasteiger partial charge in [-0.2, -0.15) is 0 Å². The molecule has 1 aromatic carbocycles. The number of hydrogen-bond acceptors (Lipinski definition) is 3. The molecule has 0 fully saturated rings. The van der Waals surface area contributed by atoms with Crippen LogP contribution < -0.4 is 10.9 Å². The fraction of sp³-hybridized carbons (Fsp3) is 0.158. The van der Waals surface area contributed by atoms with Crippen LogP contribution in [0.4, 0.5) is 0 Å². The van der Waals surface area contributed by atoms with Gasteiger partial charge in [-0.05, 0) is 48.2 Å². The van der Waals surface area contributed by atoms with Crippen LogP contribution >= 0.6 is 0 Å². The van der Waals surface area contributed by atoms with Crippen LogP contribution in [0.5, 0.6) is 0 Å². The minimum atomic E-state index is -0.423. The number of nitrogens with one attached hydrogen (secondary N) is 2. The van der Waals surface area contributed by atoms with Gasteiger partial charge >= 0.3 is 0 Å². The summed E-state index contributed by atoms with van der Waals surface area (Å²) in [5, 5.41) is 2.96. The number of benzene rings is 1. The van der Waals surface area contributed by atoms with Gasteiger partial charge in [0.25, 0.3) is 11.5 Å². The third kappa shape index (κ3) is 2.54. The van der Waals surface area contributed by atoms with Gasteiger partial charge in [0.2, 0.25) is 0 Å². The van der Waals surface area contributed by atoms with E-state index in [1.54, 1.807) is 18.2 Å². The Morgan fingerprint density at radius 1 is 1.12 bits per heavy atom. The number of aryl methyl sites for hydroxylation is 1. The van der Waals surface area contributed by atoms with Crippen molar-refractivity contribution in [3.63, 3.8) is 0 Å². The number of H-pyrrole nitrogens is 1. The van der Waals surface area contributed by atoms with Gasteiger partial charge in [-0.1, -0.05) is 24.3 Å². The van der Waals surface area contributed by atoms with E-state index >= 15 is 0 Å². The van der Waals surface area contributed by atoms with Gasteiger partial charge in [0.05, 0.1) is 18.0 Å². The van der Waals surface area contributed by atoms with Crippen LogP contribution in [-0.2, 0) is 6.42 Å². The summed E-state index contributed by atoms with van der Waals surface area (Å²) in [6.45, 7) is 0. The summed E-state index contributed by atoms with van der Waals surface area (Å²) < 4.78 is 5.25. The lowest BCUT2D eigenvalue weighted by atomic mass is 10.1. The zero-order valence-corrected chi connectivity index (χ0v) is 12.9. The molecular weight excluding hydrogens is 304 g/mol. The first kappa shape index (κ1) is 14.5. The molecule has 1 amide bonds. The van der Waals surface area contributed by atoms with Crippen molar-refractivity contribution < 1.29 is 9.21 Å². The van der Waals surface area contributed by atoms with Crippen LogP contribution in [0.15, 0.2) is 64.0 Å². The van der Waals surface area contributed by atoms with Crippen molar-refractivity contribution in [1.29, 1.82) is 0 Å². The number of aromatic amines is 1. The molecule has 0 saturated carbocycles. The van der Waals surface area contributed by atoms with Crippen molar-refractivity contribution in [1.82, 2.24) is 10.3 Å². The number of carbonyl (C=O) groups is 1. The Morgan fingerprint density at radius 3 is 2.79 bits per heavy atom. The summed E-state index contributed by atoms with van der Waals surface area (Å²) in [7, 11) is 0. The number of pyridine rings is 1. The first-order valence-corrected chi connectivity index (χ1v) is 7.88. The molecule has 24 heavy (non-hydrogen) atoms. The highest BCUT2D eigenvalue weighted by atomic mass is 16.3. The number of carbonyl (C=O) groups excluding carboxylic acids is 1. The smallest absolute Gasteiger partial charge is 0.261 e. The Hall–Kier alpha value is -3.08. The molecule has 1 atom stereocenters. The fourth-order valence-electron chi connectivity index (χ4n) is 3.17. The first-order valence-electron chi connectivity index (χ1n) is 7.88. The van der Waals surface area contributed by atoms with Crippen molar-refractivity contribution in [2.24, 2.45) is 0 Å². The van der Waals surface area contributed by atoms with E-state index in [1.165, 1.54) is 17.9 Å². The predicted octanol–water partition coefficient (Wildman–Crippen LogP) is 3.05. The van der Waals surface area contributed by atoms with E-state index in [0.29, 0.717) is 11.5 Å². The van der Waals surface area contributed by atoms with Gasteiger partial charge in [-0.25, -0.2) is 0 Å². The molecule has 4 rings (SSSR count). The molecule has 5 nitrogen and oxygen atoms in total. The highest BCUT2D eigenvalue weighted by molar-refractivity contribution is 5.94. The first-order chi connectivity index (χ1) is 11.7. The maximum absolute atomic E-state index is 12.5. The summed E-state index contributed by atoms with van der Waals surface area (Å²) in [6, 6.07) is 14.7. The van der Waals surface area contributed by atoms with E-state index in [-0.39, 0.29) is 17.5 Å². The molecule has 0 unspecified atom stereocenters. The van der Waals surface area contributed by atoms with Crippen molar-refractivity contribution in [3.8, 4) is 11.5 Å². The third-order valence-corrected chi connectivity index (χ3v) is 4.38. The van der Waals surface area contributed by atoms with Gasteiger partial charge in [-0.3, -0.25) is 9.59 Å². The summed E-state index contributed by atoms with van der Waals surface area (Å²) in [6.07, 6.45) is 3.33. The molecule has 0 saturated heterocycles. The Balaban J connectivity index is 1.56. The third-order valence-electron chi connectivity index (χ3n) is 4.38. The highest BCUT2D eigenvalue weighted by Gasteiger charge is 2.24. The standard InChI is InChI=1S/C19H16N2O3/c22-18(20-15-9-7-12-4-1-2-5-13(12)15)14-8-10-16(21-19(14)23)17-6-3-11-24-17/h1-6,8,10-11,15H,7,9H2,(H,20,22)(H,21,23)/t15-/m1/s1. The molecule has 2 N–H and O–H groups in total. The Labute approximate surface area is 138 Å². The van der Waals surface area contributed by atoms with Gasteiger partial charge in [0, 0.05) is 0 Å². The van der Waals surface area contributed by atoms with Crippen LogP contribution in [0, 0.1) is 0 Å². The van der Waals surface area contributed by atoms with E-state index in [0.717, 1.165) is 18.4 Å². The molecule has 0 bridgehead atoms. The summed E-state index contributed by atoms with van der Waals surface area (Å²) in [5.74, 6) is 0.202. The van der Waals surface area contributed by atoms with Crippen LogP contribution in [0.25, 0.3) is 11.5 Å². The lowest BCUT2D eigenvalue weighted by molar-refractivity contribution is 0.0935. The van der Waals surface area contributed by atoms with Crippen molar-refractivity contribution >= 4 is 5.91 Å². The summed E-state index contributed by atoms with van der Waals surface area (Å²) in [4.78, 5) is 27.4. The molecular formula is C19H16N2O3. The molecule has 2 heterocycles. The molecule has 1 aliphatic carbocycles. The Morgan fingerprint density at radius 2 is 2.00 bits per heavy atom. The van der Waals surface area contributed by atoms with Crippen molar-refractivity contribution in [2.45, 2.75) is 18.9 Å². The quantitative estimate of drug-likeness (QED) is 0.779. The van der Waals surface area contributed by atoms with Gasteiger partial charge in [0.1, 0.15) is 11.3 Å². The maximum Gasteiger partial charge on any atom is 0.261 e. The molecule has 0 aliphatic heterocycles. The molecule has 0 radical (unpaired) electrons. The minimum Gasteiger partial charge on any atom is -0.463 e. The van der Waals surface area contributed by atoms with Crippen LogP contribution in [0.3, 0.4) is 0 Å². The Bertz CT molecular complexity index is 941. The molecule has 1 aliphatic rings. The lowest BCUT2D eigenvalue weighted by Crippen LogP contribution is -2.31. The second kappa shape index (κ2) is 5.85. The number of furan rings is 1. The Kier molecular flexibility index (Phi) is 3.54. The van der Waals surface area contributed by atoms with E-state index < -0.39 is 5.56 Å². The average molecular weight is 320 g/mol. The van der Waals surface area contributed by atoms with Crippen molar-refractivity contribution in [3.05, 3.63) is 81.8 Å². The zero-order chi connectivity index (χ0) is 16.5. The summed E-state index contributed by atoms with van der Waals surface area (Å²) in [5.41, 5.74) is 2.62. The monoisotopic (exact) mass is 320 g/mol. The second-order valence-electron chi connectivity index (χ2n) is 5.86. The van der Waals surface area contributed by atoms with Crippen LogP contribution in [-0.4, -0.2) is 10.9 Å². The topological polar surface area (TPSA) is 75.1 Å². The van der Waals surface area contributed by atoms with E-state index in [4.69, 9.17) is 4.42 Å². The fourth-order valence-corrected chi connectivity index (χ4v) is 3.17. The molecule has 0 spiro atoms. The van der Waals surface area contributed by atoms with E-state index in [2.05, 4.69) is 16.4 Å². The van der Waals surface area contributed by atoms with E-state index in [1.807, 2.05) is 18.2 Å². The number of aromatic nitrogens is 1. The minimum absolute atomic E-state index is 0.0437. The molecule has 3 aromatic rings. The van der Waals surface area contributed by atoms with Gasteiger partial charge in [0.15, 0.2) is 0 Å². The number of rotatable bonds is 3. The average Bonchev–Trinajstić information content (AvgIpc) is 3.25. The highest BCUT2D eigenvalue weighted by Crippen LogP contribution is 2.30. The lowest BCUT2D eigenvalue weighted by Gasteiger charge is -2.14. The predicted molar refractivity (Wildman–Crippen MR) is 89.7 cm³/mol. The summed E-state index contributed by atoms with van der Waals surface area (Å²) >= 11 is 0. The second-order valence-corrected chi connectivity index (χ2v) is 5.86. The molecule has 2 aromatic heterocycles. The molecule has 5 heteroatoms. The number of hydrogen-bond donors (Lipinski definition) is 2. The normalized spacial score (nSPS) is 15.9. The number of fused-ring (bicyclic) bond motifs is 1. The van der Waals surface area contributed by atoms with Gasteiger partial charge in [-0.15, -0.1) is 0 Å². The maximum atomic E-state index is 12.5. The largest absolute Gasteiger partial charge is 0.463 e. The number of amides is 1.